The van der Waals surface area contributed by atoms with E-state index >= 15 is 0 Å². The quantitative estimate of drug-likeness (QED) is 0.798. The number of nitrogens with zero attached hydrogens (tertiary/aromatic N) is 1. The summed E-state index contributed by atoms with van der Waals surface area (Å²) in [4.78, 5) is 0.117. The van der Waals surface area contributed by atoms with E-state index in [2.05, 4.69) is 0 Å². The highest BCUT2D eigenvalue weighted by Gasteiger charge is 2.25. The minimum Gasteiger partial charge on any atom is -0.496 e. The summed E-state index contributed by atoms with van der Waals surface area (Å²) in [6.07, 6.45) is 0. The van der Waals surface area contributed by atoms with Crippen LogP contribution < -0.4 is 9.47 Å². The summed E-state index contributed by atoms with van der Waals surface area (Å²) in [6.45, 7) is 0.129. The molecule has 5 nitrogen and oxygen atoms in total. The highest BCUT2D eigenvalue weighted by Crippen LogP contribution is 2.29. The number of rotatable bonds is 6. The molecule has 0 radical (unpaired) electrons. The van der Waals surface area contributed by atoms with Gasteiger partial charge in [0.1, 0.15) is 16.4 Å². The maximum absolute atomic E-state index is 12.8. The third kappa shape index (κ3) is 3.77. The second-order valence-electron chi connectivity index (χ2n) is 4.87. The molecule has 7 heteroatoms. The average molecular weight is 356 g/mol. The van der Waals surface area contributed by atoms with E-state index in [1.54, 1.807) is 36.4 Å². The SMILES string of the molecule is COc1ccc(Cl)cc1CN(C)S(=O)(=O)c1ccccc1OC. The fraction of sp³-hybridized carbons (Fsp3) is 0.250. The Kier molecular flexibility index (Phi) is 5.51. The maximum Gasteiger partial charge on any atom is 0.246 e. The maximum atomic E-state index is 12.8. The van der Waals surface area contributed by atoms with Gasteiger partial charge in [0.25, 0.3) is 0 Å². The molecular formula is C16H18ClNO4S. The Labute approximate surface area is 141 Å². The Morgan fingerprint density at radius 2 is 1.70 bits per heavy atom. The Bertz CT molecular complexity index is 792. The van der Waals surface area contributed by atoms with E-state index in [0.717, 1.165) is 0 Å². The molecule has 124 valence electrons. The minimum atomic E-state index is -3.71. The summed E-state index contributed by atoms with van der Waals surface area (Å²) in [5, 5.41) is 0.517. The van der Waals surface area contributed by atoms with Gasteiger partial charge < -0.3 is 9.47 Å². The lowest BCUT2D eigenvalue weighted by Crippen LogP contribution is -2.27. The lowest BCUT2D eigenvalue weighted by Gasteiger charge is -2.20. The molecule has 0 saturated heterocycles. The van der Waals surface area contributed by atoms with E-state index in [1.165, 1.54) is 31.6 Å². The number of sulfonamides is 1. The van der Waals surface area contributed by atoms with Gasteiger partial charge in [-0.1, -0.05) is 23.7 Å². The fourth-order valence-electron chi connectivity index (χ4n) is 2.20. The van der Waals surface area contributed by atoms with Crippen LogP contribution in [0.25, 0.3) is 0 Å². The molecule has 0 aliphatic heterocycles. The normalized spacial score (nSPS) is 11.5. The molecule has 23 heavy (non-hydrogen) atoms. The van der Waals surface area contributed by atoms with Gasteiger partial charge in [-0.2, -0.15) is 4.31 Å². The highest BCUT2D eigenvalue weighted by atomic mass is 35.5. The average Bonchev–Trinajstić information content (AvgIpc) is 2.55. The summed E-state index contributed by atoms with van der Waals surface area (Å²) < 4.78 is 37.2. The van der Waals surface area contributed by atoms with Crippen molar-refractivity contribution < 1.29 is 17.9 Å². The van der Waals surface area contributed by atoms with Crippen LogP contribution in [-0.4, -0.2) is 34.0 Å². The van der Waals surface area contributed by atoms with Crippen molar-refractivity contribution >= 4 is 21.6 Å². The molecule has 0 spiro atoms. The van der Waals surface area contributed by atoms with Crippen LogP contribution in [0.2, 0.25) is 5.02 Å². The first-order valence-corrected chi connectivity index (χ1v) is 8.63. The summed E-state index contributed by atoms with van der Waals surface area (Å²) >= 11 is 5.99. The van der Waals surface area contributed by atoms with Gasteiger partial charge in [0, 0.05) is 24.2 Å². The van der Waals surface area contributed by atoms with E-state index in [-0.39, 0.29) is 11.4 Å². The summed E-state index contributed by atoms with van der Waals surface area (Å²) in [5.41, 5.74) is 0.681. The number of benzene rings is 2. The summed E-state index contributed by atoms with van der Waals surface area (Å²) in [5.74, 6) is 0.883. The second-order valence-corrected chi connectivity index (χ2v) is 7.32. The molecular weight excluding hydrogens is 338 g/mol. The van der Waals surface area contributed by atoms with Crippen LogP contribution in [0.1, 0.15) is 5.56 Å². The van der Waals surface area contributed by atoms with Crippen molar-refractivity contribution in [3.63, 3.8) is 0 Å². The van der Waals surface area contributed by atoms with Crippen LogP contribution in [-0.2, 0) is 16.6 Å². The van der Waals surface area contributed by atoms with E-state index in [0.29, 0.717) is 22.1 Å². The van der Waals surface area contributed by atoms with Gasteiger partial charge in [-0.15, -0.1) is 0 Å². The number of ether oxygens (including phenoxy) is 2. The predicted molar refractivity (Wildman–Crippen MR) is 89.7 cm³/mol. The van der Waals surface area contributed by atoms with Crippen molar-refractivity contribution in [2.24, 2.45) is 0 Å². The Balaban J connectivity index is 2.36. The van der Waals surface area contributed by atoms with Crippen molar-refractivity contribution in [2.75, 3.05) is 21.3 Å². The summed E-state index contributed by atoms with van der Waals surface area (Å²) in [7, 11) is 0.762. The van der Waals surface area contributed by atoms with Gasteiger partial charge >= 0.3 is 0 Å². The van der Waals surface area contributed by atoms with Gasteiger partial charge in [0.15, 0.2) is 0 Å². The zero-order valence-corrected chi connectivity index (χ0v) is 14.7. The van der Waals surface area contributed by atoms with Crippen LogP contribution in [0.15, 0.2) is 47.4 Å². The summed E-state index contributed by atoms with van der Waals surface area (Å²) in [6, 6.07) is 11.6. The van der Waals surface area contributed by atoms with Crippen molar-refractivity contribution in [3.05, 3.63) is 53.1 Å². The number of methoxy groups -OCH3 is 2. The number of hydrogen-bond donors (Lipinski definition) is 0. The highest BCUT2D eigenvalue weighted by molar-refractivity contribution is 7.89. The van der Waals surface area contributed by atoms with Gasteiger partial charge in [-0.05, 0) is 30.3 Å². The van der Waals surface area contributed by atoms with Crippen molar-refractivity contribution in [2.45, 2.75) is 11.4 Å². The van der Waals surface area contributed by atoms with E-state index in [9.17, 15) is 8.42 Å². The molecule has 0 aliphatic rings. The molecule has 0 aliphatic carbocycles. The lowest BCUT2D eigenvalue weighted by atomic mass is 10.2. The molecule has 0 aromatic heterocycles. The van der Waals surface area contributed by atoms with Gasteiger partial charge in [-0.25, -0.2) is 8.42 Å². The monoisotopic (exact) mass is 355 g/mol. The zero-order chi connectivity index (χ0) is 17.0. The zero-order valence-electron chi connectivity index (χ0n) is 13.1. The van der Waals surface area contributed by atoms with Crippen LogP contribution in [0.4, 0.5) is 0 Å². The van der Waals surface area contributed by atoms with E-state index < -0.39 is 10.0 Å². The smallest absolute Gasteiger partial charge is 0.246 e. The first kappa shape index (κ1) is 17.6. The molecule has 0 atom stereocenters. The molecule has 0 unspecified atom stereocenters. The molecule has 0 bridgehead atoms. The molecule has 0 amide bonds. The number of halogens is 1. The fourth-order valence-corrected chi connectivity index (χ4v) is 3.69. The number of para-hydroxylation sites is 1. The van der Waals surface area contributed by atoms with Crippen LogP contribution >= 0.6 is 11.6 Å². The van der Waals surface area contributed by atoms with Crippen molar-refractivity contribution in [1.82, 2.24) is 4.31 Å². The first-order valence-electron chi connectivity index (χ1n) is 6.82. The van der Waals surface area contributed by atoms with E-state index in [4.69, 9.17) is 21.1 Å². The Morgan fingerprint density at radius 3 is 2.35 bits per heavy atom. The largest absolute Gasteiger partial charge is 0.496 e. The van der Waals surface area contributed by atoms with Gasteiger partial charge in [-0.3, -0.25) is 0 Å². The van der Waals surface area contributed by atoms with Gasteiger partial charge in [0.2, 0.25) is 10.0 Å². The molecule has 2 rings (SSSR count). The third-order valence-corrected chi connectivity index (χ3v) is 5.47. The molecule has 0 fully saturated rings. The molecule has 0 N–H and O–H groups in total. The van der Waals surface area contributed by atoms with Gasteiger partial charge in [0.05, 0.1) is 14.2 Å². The topological polar surface area (TPSA) is 55.8 Å². The van der Waals surface area contributed by atoms with Crippen molar-refractivity contribution in [3.8, 4) is 11.5 Å². The molecule has 0 saturated carbocycles. The van der Waals surface area contributed by atoms with Crippen molar-refractivity contribution in [1.29, 1.82) is 0 Å². The third-order valence-electron chi connectivity index (χ3n) is 3.39. The first-order chi connectivity index (χ1) is 10.9. The number of hydrogen-bond acceptors (Lipinski definition) is 4. The molecule has 2 aromatic carbocycles. The predicted octanol–water partition coefficient (Wildman–Crippen LogP) is 3.18. The van der Waals surface area contributed by atoms with E-state index in [1.807, 2.05) is 0 Å². The molecule has 0 heterocycles. The molecule has 2 aromatic rings. The lowest BCUT2D eigenvalue weighted by molar-refractivity contribution is 0.391. The minimum absolute atomic E-state index is 0.117. The van der Waals surface area contributed by atoms with Crippen LogP contribution in [0, 0.1) is 0 Å². The standard InChI is InChI=1S/C16H18ClNO4S/c1-18(11-12-10-13(17)8-9-14(12)21-2)23(19,20)16-7-5-4-6-15(16)22-3/h4-10H,11H2,1-3H3. The second kappa shape index (κ2) is 7.21. The Morgan fingerprint density at radius 1 is 1.04 bits per heavy atom. The van der Waals surface area contributed by atoms with Crippen LogP contribution in [0.3, 0.4) is 0 Å². The Hall–Kier alpha value is -1.76. The van der Waals surface area contributed by atoms with Crippen LogP contribution in [0.5, 0.6) is 11.5 Å².